The summed E-state index contributed by atoms with van der Waals surface area (Å²) in [7, 11) is 1.63. The molecular formula is C21H26N10O4. The molecule has 184 valence electrons. The van der Waals surface area contributed by atoms with Crippen LogP contribution in [-0.2, 0) is 17.7 Å². The fourth-order valence-electron chi connectivity index (χ4n) is 3.92. The average molecular weight is 483 g/mol. The summed E-state index contributed by atoms with van der Waals surface area (Å²) < 4.78 is 12.6. The number of aryl methyl sites for hydroxylation is 1. The van der Waals surface area contributed by atoms with Gasteiger partial charge in [-0.3, -0.25) is 4.57 Å². The molecule has 0 saturated carbocycles. The van der Waals surface area contributed by atoms with Crippen molar-refractivity contribution < 1.29 is 19.7 Å². The molecule has 35 heavy (non-hydrogen) atoms. The number of hydrogen-bond acceptors (Lipinski definition) is 12. The van der Waals surface area contributed by atoms with E-state index < -0.39 is 24.5 Å². The normalized spacial score (nSPS) is 22.1. The lowest BCUT2D eigenvalue weighted by atomic mass is 10.1. The van der Waals surface area contributed by atoms with E-state index >= 15 is 0 Å². The standard InChI is InChI=1S/C21H26N10O4/c1-3-31-28-18(27-29-31)16-14(32)15(33)20(35-16)30-10-24-13-17(22)25-21(26-19(13)30)23-9-8-11-4-6-12(34-2)7-5-11/h4-7,10,14-16,20,32-33H,3,8-9H2,1-2H3,(H3,22,23,25,26)/t14-,15+,16-,20+/m0/s1. The molecule has 5 N–H and O–H groups in total. The lowest BCUT2D eigenvalue weighted by Gasteiger charge is -2.16. The number of aromatic nitrogens is 8. The number of fused-ring (bicyclic) bond motifs is 1. The van der Waals surface area contributed by atoms with Gasteiger partial charge in [0.1, 0.15) is 23.5 Å². The molecule has 1 aliphatic heterocycles. The fourth-order valence-corrected chi connectivity index (χ4v) is 3.92. The third-order valence-electron chi connectivity index (χ3n) is 5.82. The number of imidazole rings is 1. The highest BCUT2D eigenvalue weighted by molar-refractivity contribution is 5.83. The molecule has 0 unspecified atom stereocenters. The van der Waals surface area contributed by atoms with Crippen LogP contribution >= 0.6 is 0 Å². The summed E-state index contributed by atoms with van der Waals surface area (Å²) >= 11 is 0. The van der Waals surface area contributed by atoms with Gasteiger partial charge in [-0.1, -0.05) is 12.1 Å². The number of rotatable bonds is 8. The maximum atomic E-state index is 10.7. The highest BCUT2D eigenvalue weighted by atomic mass is 16.6. The molecule has 14 nitrogen and oxygen atoms in total. The van der Waals surface area contributed by atoms with E-state index in [-0.39, 0.29) is 11.6 Å². The first-order valence-electron chi connectivity index (χ1n) is 11.1. The molecule has 1 aliphatic rings. The van der Waals surface area contributed by atoms with Crippen LogP contribution in [0.25, 0.3) is 11.2 Å². The molecule has 4 atom stereocenters. The second-order valence-electron chi connectivity index (χ2n) is 8.05. The minimum absolute atomic E-state index is 0.179. The molecule has 5 rings (SSSR count). The number of benzene rings is 1. The number of methoxy groups -OCH3 is 1. The lowest BCUT2D eigenvalue weighted by Crippen LogP contribution is -2.29. The Kier molecular flexibility index (Phi) is 6.15. The number of hydrogen-bond donors (Lipinski definition) is 4. The molecule has 0 amide bonds. The van der Waals surface area contributed by atoms with Crippen molar-refractivity contribution in [2.24, 2.45) is 0 Å². The number of nitrogens with zero attached hydrogens (tertiary/aromatic N) is 8. The molecule has 3 aromatic heterocycles. The lowest BCUT2D eigenvalue weighted by molar-refractivity contribution is -0.0384. The second-order valence-corrected chi connectivity index (χ2v) is 8.05. The summed E-state index contributed by atoms with van der Waals surface area (Å²) in [4.78, 5) is 14.5. The summed E-state index contributed by atoms with van der Waals surface area (Å²) in [6.07, 6.45) is -2.34. The van der Waals surface area contributed by atoms with Crippen LogP contribution in [0.2, 0.25) is 0 Å². The average Bonchev–Trinajstić information content (AvgIpc) is 3.58. The second kappa shape index (κ2) is 9.40. The van der Waals surface area contributed by atoms with Crippen LogP contribution in [0.1, 0.15) is 30.6 Å². The number of anilines is 2. The van der Waals surface area contributed by atoms with Crippen LogP contribution in [0.15, 0.2) is 30.6 Å². The van der Waals surface area contributed by atoms with E-state index in [0.717, 1.165) is 17.7 Å². The molecule has 4 heterocycles. The van der Waals surface area contributed by atoms with Gasteiger partial charge in [0.25, 0.3) is 0 Å². The number of nitrogens with two attached hydrogens (primary N) is 1. The van der Waals surface area contributed by atoms with Crippen molar-refractivity contribution in [3.8, 4) is 5.75 Å². The van der Waals surface area contributed by atoms with Crippen LogP contribution < -0.4 is 15.8 Å². The third-order valence-corrected chi connectivity index (χ3v) is 5.82. The van der Waals surface area contributed by atoms with E-state index in [1.165, 1.54) is 15.7 Å². The Morgan fingerprint density at radius 2 is 1.97 bits per heavy atom. The largest absolute Gasteiger partial charge is 0.497 e. The van der Waals surface area contributed by atoms with Gasteiger partial charge in [0.05, 0.1) is 20.0 Å². The summed E-state index contributed by atoms with van der Waals surface area (Å²) in [6, 6.07) is 7.79. The third kappa shape index (κ3) is 4.34. The van der Waals surface area contributed by atoms with Crippen LogP contribution in [0, 0.1) is 0 Å². The first kappa shape index (κ1) is 22.9. The quantitative estimate of drug-likeness (QED) is 0.265. The van der Waals surface area contributed by atoms with Gasteiger partial charge in [-0.25, -0.2) is 4.98 Å². The predicted octanol–water partition coefficient (Wildman–Crippen LogP) is 0.0700. The van der Waals surface area contributed by atoms with Crippen molar-refractivity contribution in [3.63, 3.8) is 0 Å². The van der Waals surface area contributed by atoms with Gasteiger partial charge < -0.3 is 30.7 Å². The van der Waals surface area contributed by atoms with Crippen LogP contribution in [0.5, 0.6) is 5.75 Å². The van der Waals surface area contributed by atoms with Crippen LogP contribution in [0.3, 0.4) is 0 Å². The number of aliphatic hydroxyl groups is 2. The van der Waals surface area contributed by atoms with Gasteiger partial charge in [-0.2, -0.15) is 14.8 Å². The minimum atomic E-state index is -1.28. The zero-order chi connectivity index (χ0) is 24.5. The zero-order valence-electron chi connectivity index (χ0n) is 19.2. The Bertz CT molecular complexity index is 1310. The van der Waals surface area contributed by atoms with Crippen LogP contribution in [0.4, 0.5) is 11.8 Å². The highest BCUT2D eigenvalue weighted by Gasteiger charge is 2.47. The molecule has 0 spiro atoms. The van der Waals surface area contributed by atoms with Crippen molar-refractivity contribution in [3.05, 3.63) is 42.0 Å². The number of aliphatic hydroxyl groups excluding tert-OH is 2. The molecule has 1 saturated heterocycles. The summed E-state index contributed by atoms with van der Waals surface area (Å²) in [5.74, 6) is 1.46. The molecule has 0 bridgehead atoms. The van der Waals surface area contributed by atoms with Gasteiger partial charge in [-0.15, -0.1) is 10.2 Å². The monoisotopic (exact) mass is 482 g/mol. The van der Waals surface area contributed by atoms with Gasteiger partial charge in [0, 0.05) is 6.54 Å². The Balaban J connectivity index is 1.35. The Morgan fingerprint density at radius 3 is 2.69 bits per heavy atom. The van der Waals surface area contributed by atoms with Gasteiger partial charge in [0.15, 0.2) is 23.8 Å². The summed E-state index contributed by atoms with van der Waals surface area (Å²) in [5, 5.41) is 36.5. The van der Waals surface area contributed by atoms with Crippen molar-refractivity contribution in [2.75, 3.05) is 24.7 Å². The fraction of sp³-hybridized carbons (Fsp3) is 0.429. The maximum Gasteiger partial charge on any atom is 0.226 e. The Hall–Kier alpha value is -3.88. The van der Waals surface area contributed by atoms with Gasteiger partial charge in [0.2, 0.25) is 11.8 Å². The minimum Gasteiger partial charge on any atom is -0.497 e. The molecule has 1 aromatic carbocycles. The number of ether oxygens (including phenoxy) is 2. The van der Waals surface area contributed by atoms with E-state index in [1.54, 1.807) is 7.11 Å². The smallest absolute Gasteiger partial charge is 0.226 e. The SMILES string of the molecule is CCn1nnc([C@H]2O[C@@H](n3cnc4c(N)nc(NCCc5ccc(OC)cc5)nc43)[C@H](O)[C@@H]2O)n1. The molecule has 0 radical (unpaired) electrons. The zero-order valence-corrected chi connectivity index (χ0v) is 19.2. The van der Waals surface area contributed by atoms with Crippen molar-refractivity contribution in [1.82, 2.24) is 39.7 Å². The van der Waals surface area contributed by atoms with E-state index in [0.29, 0.717) is 30.2 Å². The number of nitrogens with one attached hydrogen (secondary N) is 1. The van der Waals surface area contributed by atoms with E-state index in [2.05, 4.69) is 35.7 Å². The van der Waals surface area contributed by atoms with Crippen molar-refractivity contribution in [2.45, 2.75) is 44.4 Å². The Labute approximate surface area is 199 Å². The van der Waals surface area contributed by atoms with E-state index in [9.17, 15) is 10.2 Å². The highest BCUT2D eigenvalue weighted by Crippen LogP contribution is 2.38. The van der Waals surface area contributed by atoms with Gasteiger partial charge >= 0.3 is 0 Å². The Morgan fingerprint density at radius 1 is 1.17 bits per heavy atom. The molecule has 1 fully saturated rings. The van der Waals surface area contributed by atoms with Crippen molar-refractivity contribution in [1.29, 1.82) is 0 Å². The first-order valence-corrected chi connectivity index (χ1v) is 11.1. The molecular weight excluding hydrogens is 456 g/mol. The van der Waals surface area contributed by atoms with E-state index in [4.69, 9.17) is 15.2 Å². The summed E-state index contributed by atoms with van der Waals surface area (Å²) in [6.45, 7) is 2.94. The topological polar surface area (TPSA) is 184 Å². The molecule has 14 heteroatoms. The first-order chi connectivity index (χ1) is 17.0. The van der Waals surface area contributed by atoms with Crippen molar-refractivity contribution >= 4 is 22.9 Å². The molecule has 4 aromatic rings. The van der Waals surface area contributed by atoms with Crippen LogP contribution in [-0.4, -0.2) is 75.8 Å². The van der Waals surface area contributed by atoms with Gasteiger partial charge in [-0.05, 0) is 36.3 Å². The summed E-state index contributed by atoms with van der Waals surface area (Å²) in [5.41, 5.74) is 7.95. The van der Waals surface area contributed by atoms with E-state index in [1.807, 2.05) is 31.2 Å². The molecule has 0 aliphatic carbocycles. The maximum absolute atomic E-state index is 10.7. The predicted molar refractivity (Wildman–Crippen MR) is 123 cm³/mol. The number of tetrazole rings is 1. The number of nitrogen functional groups attached to an aromatic ring is 1.